The van der Waals surface area contributed by atoms with Crippen LogP contribution in [0.4, 0.5) is 5.69 Å². The number of aromatic hydroxyl groups is 1. The monoisotopic (exact) mass is 567 g/mol. The van der Waals surface area contributed by atoms with E-state index in [4.69, 9.17) is 4.99 Å². The third-order valence-electron chi connectivity index (χ3n) is 5.90. The minimum absolute atomic E-state index is 0.0522. The SMILES string of the molecule is C=Cc1cc(NC/N=C2/C=CSC2C(N=C)c2ccccc2)c(O)cc1CCCC.CC.CCCCC.COC. The van der Waals surface area contributed by atoms with Gasteiger partial charge in [-0.05, 0) is 59.9 Å². The second-order valence-electron chi connectivity index (χ2n) is 8.95. The molecule has 40 heavy (non-hydrogen) atoms. The van der Waals surface area contributed by atoms with E-state index >= 15 is 0 Å². The molecule has 6 heteroatoms. The molecule has 1 heterocycles. The lowest BCUT2D eigenvalue weighted by Crippen LogP contribution is -2.21. The number of benzene rings is 2. The average Bonchev–Trinajstić information content (AvgIpc) is 3.44. The second kappa shape index (κ2) is 24.0. The molecule has 3 rings (SSSR count). The lowest BCUT2D eigenvalue weighted by atomic mass is 10.0. The average molecular weight is 568 g/mol. The van der Waals surface area contributed by atoms with Crippen LogP contribution < -0.4 is 5.32 Å². The number of thioether (sulfide) groups is 1. The maximum Gasteiger partial charge on any atom is 0.139 e. The Morgan fingerprint density at radius 3 is 2.20 bits per heavy atom. The van der Waals surface area contributed by atoms with Crippen LogP contribution in [-0.4, -0.2) is 43.7 Å². The predicted octanol–water partition coefficient (Wildman–Crippen LogP) is 9.74. The Morgan fingerprint density at radius 2 is 1.68 bits per heavy atom. The van der Waals surface area contributed by atoms with Gasteiger partial charge >= 0.3 is 0 Å². The first-order valence-corrected chi connectivity index (χ1v) is 15.4. The van der Waals surface area contributed by atoms with Gasteiger partial charge in [-0.2, -0.15) is 0 Å². The van der Waals surface area contributed by atoms with E-state index in [-0.39, 0.29) is 17.0 Å². The highest BCUT2D eigenvalue weighted by molar-refractivity contribution is 8.04. The third-order valence-corrected chi connectivity index (χ3v) is 6.98. The summed E-state index contributed by atoms with van der Waals surface area (Å²) in [5.41, 5.74) is 4.94. The number of phenols is 1. The molecule has 0 aromatic heterocycles. The zero-order valence-corrected chi connectivity index (χ0v) is 26.8. The molecular weight excluding hydrogens is 514 g/mol. The van der Waals surface area contributed by atoms with Crippen LogP contribution in [0, 0.1) is 0 Å². The number of nitrogens with zero attached hydrogens (tertiary/aromatic N) is 2. The van der Waals surface area contributed by atoms with E-state index in [0.29, 0.717) is 12.4 Å². The van der Waals surface area contributed by atoms with Crippen LogP contribution >= 0.6 is 11.8 Å². The normalized spacial score (nSPS) is 15.0. The Bertz CT molecular complexity index is 1000. The van der Waals surface area contributed by atoms with Crippen molar-refractivity contribution in [2.45, 2.75) is 84.4 Å². The Labute approximate surface area is 249 Å². The molecule has 5 nitrogen and oxygen atoms in total. The number of hydrogen-bond donors (Lipinski definition) is 2. The molecule has 2 unspecified atom stereocenters. The van der Waals surface area contributed by atoms with Crippen molar-refractivity contribution < 1.29 is 9.84 Å². The first kappa shape index (κ1) is 37.2. The smallest absolute Gasteiger partial charge is 0.139 e. The molecule has 2 aromatic rings. The summed E-state index contributed by atoms with van der Waals surface area (Å²) in [5, 5.41) is 15.8. The molecule has 0 amide bonds. The van der Waals surface area contributed by atoms with E-state index in [1.165, 1.54) is 19.3 Å². The second-order valence-corrected chi connectivity index (χ2v) is 10.0. The number of aryl methyl sites for hydroxylation is 1. The van der Waals surface area contributed by atoms with Gasteiger partial charge in [0.05, 0.1) is 22.7 Å². The molecular formula is C34H53N3O2S. The number of allylic oxidation sites excluding steroid dienone is 1. The van der Waals surface area contributed by atoms with Gasteiger partial charge in [0, 0.05) is 14.2 Å². The molecule has 0 fully saturated rings. The van der Waals surface area contributed by atoms with Gasteiger partial charge in [-0.15, -0.1) is 11.8 Å². The number of unbranched alkanes of at least 4 members (excludes halogenated alkanes) is 3. The topological polar surface area (TPSA) is 66.2 Å². The summed E-state index contributed by atoms with van der Waals surface area (Å²) in [6.45, 7) is 18.7. The summed E-state index contributed by atoms with van der Waals surface area (Å²) in [7, 11) is 3.25. The van der Waals surface area contributed by atoms with Crippen LogP contribution in [0.1, 0.15) is 89.5 Å². The molecule has 222 valence electrons. The molecule has 2 aromatic carbocycles. The molecule has 0 aliphatic carbocycles. The van der Waals surface area contributed by atoms with Gasteiger partial charge in [0.2, 0.25) is 0 Å². The largest absolute Gasteiger partial charge is 0.506 e. The molecule has 0 saturated carbocycles. The van der Waals surface area contributed by atoms with E-state index in [9.17, 15) is 5.11 Å². The van der Waals surface area contributed by atoms with Crippen LogP contribution in [-0.2, 0) is 11.2 Å². The number of aliphatic imine (C=N–C) groups is 2. The number of nitrogens with one attached hydrogen (secondary N) is 1. The minimum Gasteiger partial charge on any atom is -0.506 e. The first-order chi connectivity index (χ1) is 19.5. The van der Waals surface area contributed by atoms with Gasteiger partial charge in [-0.3, -0.25) is 9.98 Å². The van der Waals surface area contributed by atoms with E-state index in [2.05, 4.69) is 66.7 Å². The highest BCUT2D eigenvalue weighted by Crippen LogP contribution is 2.36. The molecule has 2 N–H and O–H groups in total. The number of hydrogen-bond acceptors (Lipinski definition) is 6. The fourth-order valence-corrected chi connectivity index (χ4v) is 4.97. The maximum absolute atomic E-state index is 10.4. The van der Waals surface area contributed by atoms with Crippen LogP contribution in [0.2, 0.25) is 0 Å². The summed E-state index contributed by atoms with van der Waals surface area (Å²) in [4.78, 5) is 9.10. The fraction of sp³-hybridized carbons (Fsp3) is 0.471. The highest BCUT2D eigenvalue weighted by Gasteiger charge is 2.28. The van der Waals surface area contributed by atoms with Crippen molar-refractivity contribution in [3.63, 3.8) is 0 Å². The summed E-state index contributed by atoms with van der Waals surface area (Å²) >= 11 is 1.71. The van der Waals surface area contributed by atoms with Crippen molar-refractivity contribution in [2.75, 3.05) is 26.2 Å². The van der Waals surface area contributed by atoms with Crippen molar-refractivity contribution >= 4 is 36.0 Å². The number of methoxy groups -OCH3 is 1. The van der Waals surface area contributed by atoms with Gasteiger partial charge in [0.15, 0.2) is 0 Å². The van der Waals surface area contributed by atoms with Gasteiger partial charge < -0.3 is 15.2 Å². The summed E-state index contributed by atoms with van der Waals surface area (Å²) in [6, 6.07) is 13.9. The predicted molar refractivity (Wildman–Crippen MR) is 181 cm³/mol. The number of ether oxygens (including phenoxy) is 1. The van der Waals surface area contributed by atoms with Crippen LogP contribution in [0.3, 0.4) is 0 Å². The zero-order valence-electron chi connectivity index (χ0n) is 26.0. The van der Waals surface area contributed by atoms with E-state index in [1.54, 1.807) is 26.0 Å². The van der Waals surface area contributed by atoms with Crippen molar-refractivity contribution in [2.24, 2.45) is 9.98 Å². The standard InChI is InChI=1S/C25H29N3OS.C5H12.C2H6O.C2H6/c1-4-6-10-20-16-23(29)22(15-18(20)5-2)28-17-27-21-13-14-30-25(21)24(26-3)19-11-8-7-9-12-19;1-3-5-4-2;1-3-2;1-2/h5,7-9,11-16,24-25,28-29H,2-4,6,10,17H2,1H3;3-5H2,1-2H3;1-2H3;1-2H3/b27-21-;;;. The van der Waals surface area contributed by atoms with Gasteiger partial charge in [-0.1, -0.05) is 103 Å². The third kappa shape index (κ3) is 13.5. The lowest BCUT2D eigenvalue weighted by Gasteiger charge is -2.20. The van der Waals surface area contributed by atoms with Gasteiger partial charge in [0.25, 0.3) is 0 Å². The maximum atomic E-state index is 10.4. The summed E-state index contributed by atoms with van der Waals surface area (Å²) in [5.74, 6) is 0.245. The van der Waals surface area contributed by atoms with E-state index in [1.807, 2.05) is 56.3 Å². The van der Waals surface area contributed by atoms with Crippen molar-refractivity contribution in [1.29, 1.82) is 0 Å². The molecule has 0 spiro atoms. The quantitative estimate of drug-likeness (QED) is 0.198. The zero-order chi connectivity index (χ0) is 30.2. The molecule has 0 radical (unpaired) electrons. The van der Waals surface area contributed by atoms with Crippen LogP contribution in [0.15, 0.2) is 70.5 Å². The molecule has 2 atom stereocenters. The number of anilines is 1. The Morgan fingerprint density at radius 1 is 1.05 bits per heavy atom. The first-order valence-electron chi connectivity index (χ1n) is 14.5. The van der Waals surface area contributed by atoms with Crippen LogP contribution in [0.25, 0.3) is 6.08 Å². The molecule has 0 saturated heterocycles. The van der Waals surface area contributed by atoms with Crippen LogP contribution in [0.5, 0.6) is 5.75 Å². The summed E-state index contributed by atoms with van der Waals surface area (Å²) in [6.07, 6.45) is 11.1. The fourth-order valence-electron chi connectivity index (χ4n) is 3.90. The minimum atomic E-state index is -0.0522. The number of phenolic OH excluding ortho intramolecular Hbond substituents is 1. The van der Waals surface area contributed by atoms with Crippen molar-refractivity contribution in [3.8, 4) is 5.75 Å². The lowest BCUT2D eigenvalue weighted by molar-refractivity contribution is 0.277. The molecule has 1 aliphatic rings. The van der Waals surface area contributed by atoms with Crippen molar-refractivity contribution in [3.05, 3.63) is 77.2 Å². The van der Waals surface area contributed by atoms with Gasteiger partial charge in [-0.25, -0.2) is 0 Å². The highest BCUT2D eigenvalue weighted by atomic mass is 32.2. The number of rotatable bonds is 12. The Balaban J connectivity index is 0.00000132. The summed E-state index contributed by atoms with van der Waals surface area (Å²) < 4.78 is 4.25. The molecule has 0 bridgehead atoms. The van der Waals surface area contributed by atoms with E-state index < -0.39 is 0 Å². The molecule has 1 aliphatic heterocycles. The Kier molecular flexibility index (Phi) is 22.3. The Hall–Kier alpha value is -2.83. The van der Waals surface area contributed by atoms with E-state index in [0.717, 1.165) is 41.7 Å². The van der Waals surface area contributed by atoms with Crippen molar-refractivity contribution in [1.82, 2.24) is 0 Å². The van der Waals surface area contributed by atoms with Gasteiger partial charge in [0.1, 0.15) is 12.4 Å².